The first-order chi connectivity index (χ1) is 5.40. The minimum absolute atomic E-state index is 0.0506. The van der Waals surface area contributed by atoms with E-state index in [4.69, 9.17) is 10.5 Å². The number of hydrogen-bond donors (Lipinski definition) is 1. The Morgan fingerprint density at radius 1 is 1.67 bits per heavy atom. The van der Waals surface area contributed by atoms with Crippen molar-refractivity contribution < 1.29 is 13.2 Å². The highest BCUT2D eigenvalue weighted by Crippen LogP contribution is 2.27. The Bertz CT molecular complexity index is 262. The molecule has 0 radical (unpaired) electrons. The highest BCUT2D eigenvalue weighted by atomic mass is 32.2. The zero-order chi connectivity index (χ0) is 9.41. The Hall–Kier alpha value is -0.130. The Morgan fingerprint density at radius 2 is 2.25 bits per heavy atom. The molecule has 0 aliphatic carbocycles. The Morgan fingerprint density at radius 3 is 2.58 bits per heavy atom. The molecule has 2 N–H and O–H groups in total. The molecule has 0 amide bonds. The summed E-state index contributed by atoms with van der Waals surface area (Å²) < 4.78 is 27.5. The van der Waals surface area contributed by atoms with Gasteiger partial charge >= 0.3 is 0 Å². The van der Waals surface area contributed by atoms with Crippen LogP contribution >= 0.6 is 0 Å². The number of hydrogen-bond acceptors (Lipinski definition) is 4. The fraction of sp³-hybridized carbons (Fsp3) is 1.00. The molecule has 1 saturated heterocycles. The van der Waals surface area contributed by atoms with Gasteiger partial charge in [0.05, 0.1) is 23.1 Å². The van der Waals surface area contributed by atoms with Crippen LogP contribution in [-0.4, -0.2) is 38.7 Å². The zero-order valence-corrected chi connectivity index (χ0v) is 8.23. The van der Waals surface area contributed by atoms with Crippen LogP contribution in [0.3, 0.4) is 0 Å². The summed E-state index contributed by atoms with van der Waals surface area (Å²) in [6.07, 6.45) is 0.503. The van der Waals surface area contributed by atoms with Gasteiger partial charge in [-0.15, -0.1) is 0 Å². The highest BCUT2D eigenvalue weighted by Gasteiger charge is 2.44. The first kappa shape index (κ1) is 9.95. The van der Waals surface area contributed by atoms with Crippen LogP contribution in [0.5, 0.6) is 0 Å². The van der Waals surface area contributed by atoms with Gasteiger partial charge in [0.15, 0.2) is 9.84 Å². The first-order valence-corrected chi connectivity index (χ1v) is 5.60. The van der Waals surface area contributed by atoms with Gasteiger partial charge in [0.1, 0.15) is 0 Å². The molecule has 1 rings (SSSR count). The standard InChI is InChI=1S/C7H15NO3S/c1-6-3-7(8,4-11-2)5-12(6,9)10/h6H,3-5,8H2,1-2H3. The fourth-order valence-electron chi connectivity index (χ4n) is 1.69. The van der Waals surface area contributed by atoms with Crippen LogP contribution in [0.4, 0.5) is 0 Å². The molecule has 1 aliphatic heterocycles. The molecule has 0 saturated carbocycles. The summed E-state index contributed by atoms with van der Waals surface area (Å²) >= 11 is 0. The van der Waals surface area contributed by atoms with Crippen LogP contribution in [0.15, 0.2) is 0 Å². The predicted molar refractivity (Wildman–Crippen MR) is 46.7 cm³/mol. The van der Waals surface area contributed by atoms with Gasteiger partial charge in [-0.05, 0) is 13.3 Å². The Kier molecular flexibility index (Phi) is 2.47. The average Bonchev–Trinajstić information content (AvgIpc) is 2.02. The van der Waals surface area contributed by atoms with Crippen molar-refractivity contribution in [2.45, 2.75) is 24.1 Å². The second-order valence-corrected chi connectivity index (χ2v) is 6.04. The molecular formula is C7H15NO3S. The van der Waals surface area contributed by atoms with Crippen molar-refractivity contribution in [1.82, 2.24) is 0 Å². The third-order valence-corrected chi connectivity index (χ3v) is 4.60. The lowest BCUT2D eigenvalue weighted by Gasteiger charge is -2.20. The SMILES string of the molecule is COCC1(N)CC(C)S(=O)(=O)C1. The number of sulfone groups is 1. The van der Waals surface area contributed by atoms with Gasteiger partial charge in [0.25, 0.3) is 0 Å². The van der Waals surface area contributed by atoms with Crippen molar-refractivity contribution in [2.24, 2.45) is 5.73 Å². The van der Waals surface area contributed by atoms with E-state index in [1.165, 1.54) is 7.11 Å². The first-order valence-electron chi connectivity index (χ1n) is 3.89. The lowest BCUT2D eigenvalue weighted by Crippen LogP contribution is -2.45. The second-order valence-electron chi connectivity index (χ2n) is 3.62. The van der Waals surface area contributed by atoms with E-state index >= 15 is 0 Å². The lowest BCUT2D eigenvalue weighted by atomic mass is 9.99. The van der Waals surface area contributed by atoms with Gasteiger partial charge < -0.3 is 10.5 Å². The van der Waals surface area contributed by atoms with Gasteiger partial charge in [-0.1, -0.05) is 0 Å². The summed E-state index contributed by atoms with van der Waals surface area (Å²) in [7, 11) is -1.43. The Balaban J connectivity index is 2.78. The van der Waals surface area contributed by atoms with Crippen LogP contribution < -0.4 is 5.73 Å². The van der Waals surface area contributed by atoms with E-state index in [9.17, 15) is 8.42 Å². The maximum Gasteiger partial charge on any atom is 0.154 e. The zero-order valence-electron chi connectivity index (χ0n) is 7.41. The van der Waals surface area contributed by atoms with Gasteiger partial charge in [-0.3, -0.25) is 0 Å². The average molecular weight is 193 g/mol. The van der Waals surface area contributed by atoms with E-state index in [1.54, 1.807) is 6.92 Å². The van der Waals surface area contributed by atoms with Crippen LogP contribution in [0.25, 0.3) is 0 Å². The molecule has 0 aromatic heterocycles. The second kappa shape index (κ2) is 2.97. The maximum absolute atomic E-state index is 11.3. The van der Waals surface area contributed by atoms with Gasteiger partial charge in [0.2, 0.25) is 0 Å². The Labute approximate surface area is 73.0 Å². The molecule has 0 aromatic carbocycles. The van der Waals surface area contributed by atoms with Crippen LogP contribution in [-0.2, 0) is 14.6 Å². The highest BCUT2D eigenvalue weighted by molar-refractivity contribution is 7.92. The largest absolute Gasteiger partial charge is 0.383 e. The number of methoxy groups -OCH3 is 1. The third-order valence-electron chi connectivity index (χ3n) is 2.23. The molecular weight excluding hydrogens is 178 g/mol. The van der Waals surface area contributed by atoms with Crippen LogP contribution in [0, 0.1) is 0 Å². The number of rotatable bonds is 2. The van der Waals surface area contributed by atoms with Crippen molar-refractivity contribution in [3.05, 3.63) is 0 Å². The molecule has 1 aliphatic rings. The van der Waals surface area contributed by atoms with Crippen LogP contribution in [0.1, 0.15) is 13.3 Å². The van der Waals surface area contributed by atoms with Gasteiger partial charge in [-0.25, -0.2) is 8.42 Å². The summed E-state index contributed by atoms with van der Waals surface area (Å²) in [6, 6.07) is 0. The van der Waals surface area contributed by atoms with Crippen molar-refractivity contribution in [2.75, 3.05) is 19.5 Å². The van der Waals surface area contributed by atoms with Crippen molar-refractivity contribution in [3.8, 4) is 0 Å². The van der Waals surface area contributed by atoms with E-state index in [-0.39, 0.29) is 11.0 Å². The molecule has 5 heteroatoms. The van der Waals surface area contributed by atoms with Gasteiger partial charge in [-0.2, -0.15) is 0 Å². The molecule has 0 bridgehead atoms. The smallest absolute Gasteiger partial charge is 0.154 e. The molecule has 12 heavy (non-hydrogen) atoms. The minimum Gasteiger partial charge on any atom is -0.383 e. The fourth-order valence-corrected chi connectivity index (χ4v) is 3.56. The summed E-state index contributed by atoms with van der Waals surface area (Å²) in [6.45, 7) is 2.01. The van der Waals surface area contributed by atoms with Crippen molar-refractivity contribution in [1.29, 1.82) is 0 Å². The lowest BCUT2D eigenvalue weighted by molar-refractivity contribution is 0.142. The monoisotopic (exact) mass is 193 g/mol. The topological polar surface area (TPSA) is 69.4 Å². The van der Waals surface area contributed by atoms with Crippen molar-refractivity contribution in [3.63, 3.8) is 0 Å². The molecule has 72 valence electrons. The van der Waals surface area contributed by atoms with Crippen LogP contribution in [0.2, 0.25) is 0 Å². The molecule has 1 heterocycles. The van der Waals surface area contributed by atoms with Gasteiger partial charge in [0, 0.05) is 7.11 Å². The summed E-state index contributed by atoms with van der Waals surface area (Å²) in [4.78, 5) is 0. The van der Waals surface area contributed by atoms with E-state index in [0.29, 0.717) is 13.0 Å². The summed E-state index contributed by atoms with van der Waals surface area (Å²) in [5.74, 6) is 0.0506. The minimum atomic E-state index is -2.96. The van der Waals surface area contributed by atoms with E-state index in [1.807, 2.05) is 0 Å². The predicted octanol–water partition coefficient (Wildman–Crippen LogP) is -0.463. The molecule has 0 spiro atoms. The summed E-state index contributed by atoms with van der Waals surface area (Å²) in [5, 5.41) is -0.322. The van der Waals surface area contributed by atoms with E-state index < -0.39 is 15.4 Å². The molecule has 1 fully saturated rings. The molecule has 2 atom stereocenters. The number of ether oxygens (including phenoxy) is 1. The molecule has 4 nitrogen and oxygen atoms in total. The molecule has 0 aromatic rings. The number of nitrogens with two attached hydrogens (primary N) is 1. The quantitative estimate of drug-likeness (QED) is 0.644. The van der Waals surface area contributed by atoms with E-state index in [0.717, 1.165) is 0 Å². The van der Waals surface area contributed by atoms with E-state index in [2.05, 4.69) is 0 Å². The van der Waals surface area contributed by atoms with Crippen molar-refractivity contribution >= 4 is 9.84 Å². The third kappa shape index (κ3) is 1.78. The summed E-state index contributed by atoms with van der Waals surface area (Å²) in [5.41, 5.74) is 5.17. The molecule has 2 unspecified atom stereocenters. The normalized spacial score (nSPS) is 40.1. The maximum atomic E-state index is 11.3.